The summed E-state index contributed by atoms with van der Waals surface area (Å²) in [5.74, 6) is -0.446. The molecule has 0 fully saturated rings. The minimum Gasteiger partial charge on any atom is -0.491 e. The molecule has 0 bridgehead atoms. The van der Waals surface area contributed by atoms with Crippen molar-refractivity contribution in [1.82, 2.24) is 15.0 Å². The first-order chi connectivity index (χ1) is 8.20. The van der Waals surface area contributed by atoms with Gasteiger partial charge in [-0.15, -0.1) is 21.6 Å². The van der Waals surface area contributed by atoms with Crippen LogP contribution in [0.2, 0.25) is 0 Å². The second-order valence-electron chi connectivity index (χ2n) is 2.76. The van der Waals surface area contributed by atoms with Crippen LogP contribution in [0, 0.1) is 0 Å². The molecule has 2 N–H and O–H groups in total. The molecule has 2 aromatic rings. The van der Waals surface area contributed by atoms with E-state index in [2.05, 4.69) is 25.2 Å². The minimum atomic E-state index is -0.540. The predicted octanol–water partition coefficient (Wildman–Crippen LogP) is 2.07. The number of rotatable bonds is 3. The molecule has 7 nitrogen and oxygen atoms in total. The van der Waals surface area contributed by atoms with Gasteiger partial charge in [-0.05, 0) is 6.26 Å². The smallest absolute Gasteiger partial charge is 0.283 e. The molecular weight excluding hydrogens is 262 g/mol. The van der Waals surface area contributed by atoms with Crippen LogP contribution in [0.25, 0.3) is 0 Å². The van der Waals surface area contributed by atoms with Gasteiger partial charge in [-0.25, -0.2) is 4.98 Å². The third-order valence-electron chi connectivity index (χ3n) is 1.70. The van der Waals surface area contributed by atoms with Gasteiger partial charge in [0.2, 0.25) is 16.7 Å². The number of azo groups is 1. The summed E-state index contributed by atoms with van der Waals surface area (Å²) in [7, 11) is 0. The summed E-state index contributed by atoms with van der Waals surface area (Å²) in [4.78, 5) is 21.6. The van der Waals surface area contributed by atoms with Gasteiger partial charge in [0.05, 0.1) is 0 Å². The van der Waals surface area contributed by atoms with Crippen LogP contribution < -0.4 is 5.56 Å². The fourth-order valence-electron chi connectivity index (χ4n) is 0.980. The molecule has 0 unspecified atom stereocenters. The van der Waals surface area contributed by atoms with Gasteiger partial charge in [-0.3, -0.25) is 9.78 Å². The highest BCUT2D eigenvalue weighted by molar-refractivity contribution is 7.98. The third kappa shape index (κ3) is 2.68. The number of thioether (sulfide) groups is 1. The molecule has 9 heteroatoms. The van der Waals surface area contributed by atoms with E-state index in [4.69, 9.17) is 0 Å². The highest BCUT2D eigenvalue weighted by Gasteiger charge is 2.09. The van der Waals surface area contributed by atoms with E-state index in [-0.39, 0.29) is 5.69 Å². The normalized spacial score (nSPS) is 11.1. The van der Waals surface area contributed by atoms with Gasteiger partial charge in [0.1, 0.15) is 0 Å². The predicted molar refractivity (Wildman–Crippen MR) is 64.6 cm³/mol. The quantitative estimate of drug-likeness (QED) is 0.504. The zero-order chi connectivity index (χ0) is 12.3. The zero-order valence-electron chi connectivity index (χ0n) is 8.62. The van der Waals surface area contributed by atoms with Crippen molar-refractivity contribution in [2.24, 2.45) is 10.2 Å². The monoisotopic (exact) mass is 269 g/mol. The fraction of sp³-hybridized carbons (Fsp3) is 0.125. The van der Waals surface area contributed by atoms with Crippen molar-refractivity contribution in [2.45, 2.75) is 5.16 Å². The molecule has 0 spiro atoms. The maximum atomic E-state index is 11.5. The molecule has 88 valence electrons. The van der Waals surface area contributed by atoms with Crippen molar-refractivity contribution in [1.29, 1.82) is 0 Å². The van der Waals surface area contributed by atoms with Gasteiger partial charge in [-0.2, -0.15) is 4.98 Å². The number of aromatic nitrogens is 3. The molecular formula is C8H7N5O2S2. The Morgan fingerprint density at radius 2 is 2.35 bits per heavy atom. The molecule has 0 amide bonds. The highest BCUT2D eigenvalue weighted by Crippen LogP contribution is 2.24. The summed E-state index contributed by atoms with van der Waals surface area (Å²) >= 11 is 2.48. The second kappa shape index (κ2) is 5.06. The number of nitrogens with zero attached hydrogens (tertiary/aromatic N) is 4. The van der Waals surface area contributed by atoms with Gasteiger partial charge in [0.15, 0.2) is 5.16 Å². The number of aromatic amines is 1. The van der Waals surface area contributed by atoms with Crippen LogP contribution in [-0.4, -0.2) is 26.3 Å². The van der Waals surface area contributed by atoms with Crippen molar-refractivity contribution in [2.75, 3.05) is 6.26 Å². The Hall–Kier alpha value is -1.74. The van der Waals surface area contributed by atoms with Crippen molar-refractivity contribution in [3.63, 3.8) is 0 Å². The lowest BCUT2D eigenvalue weighted by molar-refractivity contribution is 0.445. The van der Waals surface area contributed by atoms with E-state index in [9.17, 15) is 9.90 Å². The molecule has 0 saturated heterocycles. The van der Waals surface area contributed by atoms with E-state index in [1.54, 1.807) is 17.8 Å². The van der Waals surface area contributed by atoms with E-state index < -0.39 is 11.4 Å². The van der Waals surface area contributed by atoms with Crippen LogP contribution in [0.5, 0.6) is 5.88 Å². The van der Waals surface area contributed by atoms with E-state index >= 15 is 0 Å². The van der Waals surface area contributed by atoms with Gasteiger partial charge in [0.25, 0.3) is 5.56 Å². The summed E-state index contributed by atoms with van der Waals surface area (Å²) in [6, 6.07) is 0. The number of hydrogen-bond acceptors (Lipinski definition) is 8. The largest absolute Gasteiger partial charge is 0.491 e. The molecule has 0 aliphatic carbocycles. The average molecular weight is 269 g/mol. The summed E-state index contributed by atoms with van der Waals surface area (Å²) < 4.78 is 0. The second-order valence-corrected chi connectivity index (χ2v) is 4.43. The first kappa shape index (κ1) is 11.7. The average Bonchev–Trinajstić information content (AvgIpc) is 2.80. The Balaban J connectivity index is 2.37. The number of H-pyrrole nitrogens is 1. The Bertz CT molecular complexity index is 592. The Labute approximate surface area is 104 Å². The van der Waals surface area contributed by atoms with Gasteiger partial charge >= 0.3 is 0 Å². The van der Waals surface area contributed by atoms with E-state index in [1.165, 1.54) is 23.1 Å². The summed E-state index contributed by atoms with van der Waals surface area (Å²) in [5, 5.41) is 19.3. The van der Waals surface area contributed by atoms with Crippen LogP contribution >= 0.6 is 23.1 Å². The van der Waals surface area contributed by atoms with Crippen molar-refractivity contribution < 1.29 is 5.11 Å². The Kier molecular flexibility index (Phi) is 3.49. The molecule has 2 rings (SSSR count). The topological polar surface area (TPSA) is 104 Å². The Morgan fingerprint density at radius 3 is 2.94 bits per heavy atom. The molecule has 0 aliphatic heterocycles. The lowest BCUT2D eigenvalue weighted by Crippen LogP contribution is -2.07. The lowest BCUT2D eigenvalue weighted by atomic mass is 10.5. The number of thiazole rings is 1. The maximum absolute atomic E-state index is 11.5. The van der Waals surface area contributed by atoms with Crippen molar-refractivity contribution >= 4 is 33.9 Å². The standard InChI is InChI=1S/C8H7N5O2S2/c1-16-8-10-5(14)4(6(15)11-8)12-13-7-9-2-3-17-7/h2-3H,1H3,(H2,10,11,14,15). The molecule has 0 aromatic carbocycles. The highest BCUT2D eigenvalue weighted by atomic mass is 32.2. The molecule has 0 atom stereocenters. The molecule has 2 aromatic heterocycles. The van der Waals surface area contributed by atoms with E-state index in [0.29, 0.717) is 10.3 Å². The lowest BCUT2D eigenvalue weighted by Gasteiger charge is -1.98. The van der Waals surface area contributed by atoms with E-state index in [1.807, 2.05) is 0 Å². The number of hydrogen-bond donors (Lipinski definition) is 2. The number of nitrogens with one attached hydrogen (secondary N) is 1. The SMILES string of the molecule is CSc1nc(O)c(N=Nc2nccs2)c(=O)[nH]1. The zero-order valence-corrected chi connectivity index (χ0v) is 10.2. The van der Waals surface area contributed by atoms with Crippen LogP contribution in [0.1, 0.15) is 0 Å². The van der Waals surface area contributed by atoms with Crippen LogP contribution in [0.4, 0.5) is 10.8 Å². The summed E-state index contributed by atoms with van der Waals surface area (Å²) in [5.41, 5.74) is -0.764. The molecule has 0 saturated carbocycles. The van der Waals surface area contributed by atoms with Gasteiger partial charge < -0.3 is 5.11 Å². The molecule has 0 radical (unpaired) electrons. The third-order valence-corrected chi connectivity index (χ3v) is 2.94. The van der Waals surface area contributed by atoms with Crippen molar-refractivity contribution in [3.8, 4) is 5.88 Å². The van der Waals surface area contributed by atoms with Crippen LogP contribution in [0.3, 0.4) is 0 Å². The van der Waals surface area contributed by atoms with Crippen LogP contribution in [0.15, 0.2) is 31.8 Å². The van der Waals surface area contributed by atoms with Gasteiger partial charge in [-0.1, -0.05) is 11.8 Å². The van der Waals surface area contributed by atoms with Crippen LogP contribution in [-0.2, 0) is 0 Å². The fourth-order valence-corrected chi connectivity index (χ4v) is 1.81. The van der Waals surface area contributed by atoms with Crippen molar-refractivity contribution in [3.05, 3.63) is 21.9 Å². The van der Waals surface area contributed by atoms with E-state index in [0.717, 1.165) is 0 Å². The molecule has 0 aliphatic rings. The number of aromatic hydroxyl groups is 1. The minimum absolute atomic E-state index is 0.224. The Morgan fingerprint density at radius 1 is 1.53 bits per heavy atom. The van der Waals surface area contributed by atoms with Gasteiger partial charge in [0, 0.05) is 11.6 Å². The molecule has 17 heavy (non-hydrogen) atoms. The maximum Gasteiger partial charge on any atom is 0.283 e. The first-order valence-corrected chi connectivity index (χ1v) is 6.49. The first-order valence-electron chi connectivity index (χ1n) is 4.39. The summed E-state index contributed by atoms with van der Waals surface area (Å²) in [6.45, 7) is 0. The summed E-state index contributed by atoms with van der Waals surface area (Å²) in [6.07, 6.45) is 3.30. The molecule has 2 heterocycles.